The van der Waals surface area contributed by atoms with Gasteiger partial charge in [-0.2, -0.15) is 5.26 Å². The van der Waals surface area contributed by atoms with E-state index in [0.717, 1.165) is 11.1 Å². The van der Waals surface area contributed by atoms with Gasteiger partial charge in [0.1, 0.15) is 17.5 Å². The number of nitrogens with zero attached hydrogens (tertiary/aromatic N) is 3. The fourth-order valence-electron chi connectivity index (χ4n) is 3.08. The number of carbonyl (C=O) groups excluding carboxylic acids is 1. The standard InChI is InChI=1S/C21H20FN3O/c1-16-6-2-3-7-17(16)14-18(15-23)21(26)25-12-10-24(11-13-25)20-9-5-4-8-19(20)22/h2-9,14H,10-13H2,1H3/b18-14+. The Bertz CT molecular complexity index is 877. The average Bonchev–Trinajstić information content (AvgIpc) is 2.67. The molecule has 0 bridgehead atoms. The Balaban J connectivity index is 1.71. The lowest BCUT2D eigenvalue weighted by molar-refractivity contribution is -0.126. The van der Waals surface area contributed by atoms with E-state index >= 15 is 0 Å². The molecular formula is C21H20FN3O. The van der Waals surface area contributed by atoms with Crippen LogP contribution in [0.4, 0.5) is 10.1 Å². The van der Waals surface area contributed by atoms with Crippen molar-refractivity contribution in [2.24, 2.45) is 0 Å². The number of hydrogen-bond acceptors (Lipinski definition) is 3. The number of nitriles is 1. The van der Waals surface area contributed by atoms with Crippen LogP contribution < -0.4 is 4.90 Å². The molecule has 4 nitrogen and oxygen atoms in total. The molecule has 0 radical (unpaired) electrons. The number of benzene rings is 2. The van der Waals surface area contributed by atoms with Gasteiger partial charge in [0.05, 0.1) is 5.69 Å². The summed E-state index contributed by atoms with van der Waals surface area (Å²) in [5.74, 6) is -0.534. The molecule has 1 saturated heterocycles. The summed E-state index contributed by atoms with van der Waals surface area (Å²) < 4.78 is 13.9. The normalized spacial score (nSPS) is 14.9. The molecule has 0 N–H and O–H groups in total. The summed E-state index contributed by atoms with van der Waals surface area (Å²) in [6.07, 6.45) is 1.64. The van der Waals surface area contributed by atoms with Crippen LogP contribution in [0, 0.1) is 24.1 Å². The predicted molar refractivity (Wildman–Crippen MR) is 100.0 cm³/mol. The zero-order valence-corrected chi connectivity index (χ0v) is 14.7. The van der Waals surface area contributed by atoms with Crippen molar-refractivity contribution in [3.05, 3.63) is 71.0 Å². The van der Waals surface area contributed by atoms with Crippen molar-refractivity contribution in [2.45, 2.75) is 6.92 Å². The summed E-state index contributed by atoms with van der Waals surface area (Å²) in [5.41, 5.74) is 2.55. The lowest BCUT2D eigenvalue weighted by Gasteiger charge is -2.36. The summed E-state index contributed by atoms with van der Waals surface area (Å²) in [6, 6.07) is 16.3. The van der Waals surface area contributed by atoms with Crippen molar-refractivity contribution >= 4 is 17.7 Å². The number of piperazine rings is 1. The number of halogens is 1. The molecular weight excluding hydrogens is 329 g/mol. The highest BCUT2D eigenvalue weighted by Crippen LogP contribution is 2.21. The molecule has 1 aliphatic rings. The van der Waals surface area contributed by atoms with Gasteiger partial charge in [-0.15, -0.1) is 0 Å². The van der Waals surface area contributed by atoms with Crippen LogP contribution in [0.25, 0.3) is 6.08 Å². The van der Waals surface area contributed by atoms with E-state index in [1.807, 2.05) is 42.2 Å². The first kappa shape index (κ1) is 17.7. The van der Waals surface area contributed by atoms with Crippen LogP contribution in [0.1, 0.15) is 11.1 Å². The SMILES string of the molecule is Cc1ccccc1/C=C(\C#N)C(=O)N1CCN(c2ccccc2F)CC1. The Morgan fingerprint density at radius 1 is 1.08 bits per heavy atom. The highest BCUT2D eigenvalue weighted by atomic mass is 19.1. The molecule has 26 heavy (non-hydrogen) atoms. The minimum atomic E-state index is -0.274. The van der Waals surface area contributed by atoms with Gasteiger partial charge in [0.2, 0.25) is 0 Å². The third-order valence-electron chi connectivity index (χ3n) is 4.60. The van der Waals surface area contributed by atoms with Gasteiger partial charge < -0.3 is 9.80 Å². The molecule has 1 heterocycles. The maximum absolute atomic E-state index is 13.9. The zero-order valence-electron chi connectivity index (χ0n) is 14.7. The maximum atomic E-state index is 13.9. The lowest BCUT2D eigenvalue weighted by atomic mass is 10.1. The largest absolute Gasteiger partial charge is 0.366 e. The van der Waals surface area contributed by atoms with Crippen LogP contribution >= 0.6 is 0 Å². The average molecular weight is 349 g/mol. The molecule has 3 rings (SSSR count). The van der Waals surface area contributed by atoms with Gasteiger partial charge in [0.25, 0.3) is 5.91 Å². The van der Waals surface area contributed by atoms with Crippen LogP contribution in [0.3, 0.4) is 0 Å². The number of aryl methyl sites for hydroxylation is 1. The molecule has 2 aromatic carbocycles. The molecule has 0 saturated carbocycles. The molecule has 132 valence electrons. The topological polar surface area (TPSA) is 47.3 Å². The Morgan fingerprint density at radius 2 is 1.73 bits per heavy atom. The van der Waals surface area contributed by atoms with Crippen molar-refractivity contribution in [3.63, 3.8) is 0 Å². The van der Waals surface area contributed by atoms with Gasteiger partial charge in [-0.1, -0.05) is 36.4 Å². The summed E-state index contributed by atoms with van der Waals surface area (Å²) in [6.45, 7) is 3.93. The van der Waals surface area contributed by atoms with Crippen LogP contribution in [0.5, 0.6) is 0 Å². The van der Waals surface area contributed by atoms with E-state index in [4.69, 9.17) is 0 Å². The fourth-order valence-corrected chi connectivity index (χ4v) is 3.08. The Morgan fingerprint density at radius 3 is 2.38 bits per heavy atom. The molecule has 0 aromatic heterocycles. The Hall–Kier alpha value is -3.13. The number of amides is 1. The van der Waals surface area contributed by atoms with Gasteiger partial charge >= 0.3 is 0 Å². The maximum Gasteiger partial charge on any atom is 0.264 e. The molecule has 0 aliphatic carbocycles. The smallest absolute Gasteiger partial charge is 0.264 e. The van der Waals surface area contributed by atoms with Gasteiger partial charge in [-0.25, -0.2) is 4.39 Å². The minimum Gasteiger partial charge on any atom is -0.366 e. The second kappa shape index (κ2) is 7.83. The Labute approximate surface area is 152 Å². The monoisotopic (exact) mass is 349 g/mol. The quantitative estimate of drug-likeness (QED) is 0.630. The minimum absolute atomic E-state index is 0.124. The van der Waals surface area contributed by atoms with Crippen LogP contribution in [0.2, 0.25) is 0 Å². The van der Waals surface area contributed by atoms with E-state index in [2.05, 4.69) is 0 Å². The van der Waals surface area contributed by atoms with E-state index in [9.17, 15) is 14.4 Å². The van der Waals surface area contributed by atoms with E-state index in [1.54, 1.807) is 29.2 Å². The fraction of sp³-hybridized carbons (Fsp3) is 0.238. The number of anilines is 1. The molecule has 1 amide bonds. The molecule has 0 unspecified atom stereocenters. The third-order valence-corrected chi connectivity index (χ3v) is 4.60. The van der Waals surface area contributed by atoms with E-state index in [0.29, 0.717) is 31.9 Å². The van der Waals surface area contributed by atoms with Crippen molar-refractivity contribution in [1.82, 2.24) is 4.90 Å². The van der Waals surface area contributed by atoms with Gasteiger partial charge in [-0.3, -0.25) is 4.79 Å². The summed E-state index contributed by atoms with van der Waals surface area (Å²) in [7, 11) is 0. The molecule has 1 aliphatic heterocycles. The van der Waals surface area contributed by atoms with E-state index in [-0.39, 0.29) is 17.3 Å². The first-order valence-electron chi connectivity index (χ1n) is 8.56. The second-order valence-electron chi connectivity index (χ2n) is 6.26. The third kappa shape index (κ3) is 3.75. The van der Waals surface area contributed by atoms with E-state index < -0.39 is 0 Å². The number of para-hydroxylation sites is 1. The second-order valence-corrected chi connectivity index (χ2v) is 6.26. The Kier molecular flexibility index (Phi) is 5.33. The summed E-state index contributed by atoms with van der Waals surface area (Å²) in [5, 5.41) is 9.42. The van der Waals surface area contributed by atoms with Gasteiger partial charge in [0.15, 0.2) is 0 Å². The van der Waals surface area contributed by atoms with E-state index in [1.165, 1.54) is 6.07 Å². The molecule has 2 aromatic rings. The van der Waals surface area contributed by atoms with Crippen LogP contribution in [-0.2, 0) is 4.79 Å². The molecule has 0 spiro atoms. The van der Waals surface area contributed by atoms with Crippen LogP contribution in [0.15, 0.2) is 54.1 Å². The van der Waals surface area contributed by atoms with Crippen molar-refractivity contribution in [2.75, 3.05) is 31.1 Å². The van der Waals surface area contributed by atoms with Crippen molar-refractivity contribution < 1.29 is 9.18 Å². The van der Waals surface area contributed by atoms with Crippen molar-refractivity contribution in [1.29, 1.82) is 5.26 Å². The number of hydrogen-bond donors (Lipinski definition) is 0. The first-order valence-corrected chi connectivity index (χ1v) is 8.56. The number of rotatable bonds is 3. The lowest BCUT2D eigenvalue weighted by Crippen LogP contribution is -2.49. The summed E-state index contributed by atoms with van der Waals surface area (Å²) >= 11 is 0. The van der Waals surface area contributed by atoms with Crippen molar-refractivity contribution in [3.8, 4) is 6.07 Å². The van der Waals surface area contributed by atoms with Gasteiger partial charge in [-0.05, 0) is 36.3 Å². The summed E-state index contributed by atoms with van der Waals surface area (Å²) in [4.78, 5) is 16.3. The predicted octanol–water partition coefficient (Wildman–Crippen LogP) is 3.39. The highest BCUT2D eigenvalue weighted by molar-refractivity contribution is 6.02. The first-order chi connectivity index (χ1) is 12.6. The molecule has 1 fully saturated rings. The van der Waals surface area contributed by atoms with Crippen LogP contribution in [-0.4, -0.2) is 37.0 Å². The molecule has 0 atom stereocenters. The molecule has 5 heteroatoms. The van der Waals surface area contributed by atoms with Gasteiger partial charge in [0, 0.05) is 26.2 Å². The highest BCUT2D eigenvalue weighted by Gasteiger charge is 2.24. The number of carbonyl (C=O) groups is 1. The zero-order chi connectivity index (χ0) is 18.5.